The molecule has 0 atom stereocenters. The molecule has 0 bridgehead atoms. The summed E-state index contributed by atoms with van der Waals surface area (Å²) < 4.78 is 22.2. The van der Waals surface area contributed by atoms with Crippen LogP contribution in [0.15, 0.2) is 76.7 Å². The molecule has 0 aliphatic rings. The normalized spacial score (nSPS) is 11.2. The second kappa shape index (κ2) is 9.22. The summed E-state index contributed by atoms with van der Waals surface area (Å²) >= 11 is 1.16. The molecule has 0 unspecified atom stereocenters. The van der Waals surface area contributed by atoms with Crippen molar-refractivity contribution in [2.45, 2.75) is 12.1 Å². The van der Waals surface area contributed by atoms with Gasteiger partial charge < -0.3 is 10.1 Å². The maximum atomic E-state index is 13.6. The van der Waals surface area contributed by atoms with Gasteiger partial charge in [-0.25, -0.2) is 8.96 Å². The number of amides is 1. The molecular weight excluding hydrogens is 469 g/mol. The lowest BCUT2D eigenvalue weighted by molar-refractivity contribution is -0.113. The number of hydrogen-bond acceptors (Lipinski definition) is 6. The molecule has 3 aromatic carbocycles. The molecule has 0 saturated carbocycles. The van der Waals surface area contributed by atoms with E-state index >= 15 is 0 Å². The number of para-hydroxylation sites is 1. The zero-order chi connectivity index (χ0) is 24.5. The number of hydrogen-bond donors (Lipinski definition) is 1. The SMILES string of the molecule is COc1ccc(C)cc1-n1c(=O)c2ccccc2n2c(SCC(=O)Nc3cccc(F)c3)nnc12. The van der Waals surface area contributed by atoms with E-state index in [1.54, 1.807) is 35.8 Å². The third kappa shape index (κ3) is 4.24. The van der Waals surface area contributed by atoms with Gasteiger partial charge in [-0.3, -0.25) is 14.0 Å². The fourth-order valence-electron chi connectivity index (χ4n) is 3.86. The lowest BCUT2D eigenvalue weighted by Gasteiger charge is -2.14. The van der Waals surface area contributed by atoms with Gasteiger partial charge in [-0.15, -0.1) is 10.2 Å². The highest BCUT2D eigenvalue weighted by Gasteiger charge is 2.20. The van der Waals surface area contributed by atoms with E-state index in [1.165, 1.54) is 22.8 Å². The van der Waals surface area contributed by atoms with Gasteiger partial charge in [0.05, 0.1) is 29.5 Å². The first-order valence-corrected chi connectivity index (χ1v) is 11.7. The van der Waals surface area contributed by atoms with Gasteiger partial charge in [0.15, 0.2) is 5.16 Å². The molecule has 10 heteroatoms. The van der Waals surface area contributed by atoms with E-state index in [0.717, 1.165) is 17.3 Å². The van der Waals surface area contributed by atoms with E-state index in [4.69, 9.17) is 4.74 Å². The van der Waals surface area contributed by atoms with Crippen LogP contribution in [0.25, 0.3) is 22.4 Å². The van der Waals surface area contributed by atoms with Crippen LogP contribution in [0.2, 0.25) is 0 Å². The van der Waals surface area contributed by atoms with Crippen LogP contribution in [0.3, 0.4) is 0 Å². The number of halogens is 1. The molecule has 0 radical (unpaired) electrons. The smallest absolute Gasteiger partial charge is 0.267 e. The molecule has 0 spiro atoms. The largest absolute Gasteiger partial charge is 0.495 e. The predicted octanol–water partition coefficient (Wildman–Crippen LogP) is 4.22. The molecule has 0 fully saturated rings. The van der Waals surface area contributed by atoms with Crippen LogP contribution in [0, 0.1) is 12.7 Å². The first kappa shape index (κ1) is 22.6. The second-order valence-electron chi connectivity index (χ2n) is 7.80. The minimum absolute atomic E-state index is 0.0124. The van der Waals surface area contributed by atoms with Crippen molar-refractivity contribution in [3.05, 3.63) is 88.5 Å². The molecule has 5 aromatic rings. The number of carbonyl (C=O) groups is 1. The summed E-state index contributed by atoms with van der Waals surface area (Å²) in [6.45, 7) is 1.93. The Kier molecular flexibility index (Phi) is 5.96. The van der Waals surface area contributed by atoms with Gasteiger partial charge in [0.1, 0.15) is 11.6 Å². The van der Waals surface area contributed by atoms with Crippen molar-refractivity contribution in [3.8, 4) is 11.4 Å². The Balaban J connectivity index is 1.59. The number of nitrogens with one attached hydrogen (secondary N) is 1. The van der Waals surface area contributed by atoms with Gasteiger partial charge in [0, 0.05) is 5.69 Å². The standard InChI is InChI=1S/C25H20FN5O3S/c1-15-10-11-21(34-2)20(12-15)30-23(33)18-8-3-4-9-19(18)31-24(30)28-29-25(31)35-14-22(32)27-17-7-5-6-16(26)13-17/h3-13H,14H2,1-2H3,(H,27,32). The Labute approximate surface area is 203 Å². The number of fused-ring (bicyclic) bond motifs is 3. The zero-order valence-corrected chi connectivity index (χ0v) is 19.7. The summed E-state index contributed by atoms with van der Waals surface area (Å²) in [4.78, 5) is 26.1. The number of ether oxygens (including phenoxy) is 1. The number of anilines is 1. The Morgan fingerprint density at radius 3 is 2.71 bits per heavy atom. The number of benzene rings is 3. The van der Waals surface area contributed by atoms with E-state index in [1.807, 2.05) is 31.2 Å². The topological polar surface area (TPSA) is 90.5 Å². The fourth-order valence-corrected chi connectivity index (χ4v) is 4.60. The van der Waals surface area contributed by atoms with Crippen molar-refractivity contribution in [1.29, 1.82) is 0 Å². The molecule has 8 nitrogen and oxygen atoms in total. The third-order valence-electron chi connectivity index (χ3n) is 5.41. The average molecular weight is 490 g/mol. The van der Waals surface area contributed by atoms with Gasteiger partial charge >= 0.3 is 0 Å². The molecular formula is C25H20FN5O3S. The summed E-state index contributed by atoms with van der Waals surface area (Å²) in [5.74, 6) is 0.0656. The van der Waals surface area contributed by atoms with Crippen LogP contribution in [0.1, 0.15) is 5.56 Å². The predicted molar refractivity (Wildman–Crippen MR) is 133 cm³/mol. The van der Waals surface area contributed by atoms with Crippen molar-refractivity contribution in [2.75, 3.05) is 18.2 Å². The molecule has 2 aromatic heterocycles. The van der Waals surface area contributed by atoms with Crippen molar-refractivity contribution < 1.29 is 13.9 Å². The molecule has 0 aliphatic heterocycles. The highest BCUT2D eigenvalue weighted by molar-refractivity contribution is 7.99. The van der Waals surface area contributed by atoms with E-state index in [0.29, 0.717) is 39.0 Å². The van der Waals surface area contributed by atoms with Crippen molar-refractivity contribution in [1.82, 2.24) is 19.2 Å². The molecule has 0 saturated heterocycles. The summed E-state index contributed by atoms with van der Waals surface area (Å²) in [6.07, 6.45) is 0. The maximum Gasteiger partial charge on any atom is 0.267 e. The fraction of sp³-hybridized carbons (Fsp3) is 0.120. The second-order valence-corrected chi connectivity index (χ2v) is 8.74. The lowest BCUT2D eigenvalue weighted by Crippen LogP contribution is -2.22. The van der Waals surface area contributed by atoms with Crippen molar-refractivity contribution in [2.24, 2.45) is 0 Å². The van der Waals surface area contributed by atoms with E-state index < -0.39 is 5.82 Å². The molecule has 5 rings (SSSR count). The number of thioether (sulfide) groups is 1. The highest BCUT2D eigenvalue weighted by atomic mass is 32.2. The van der Waals surface area contributed by atoms with Gasteiger partial charge in [0.25, 0.3) is 5.56 Å². The minimum Gasteiger partial charge on any atom is -0.495 e. The number of methoxy groups -OCH3 is 1. The third-order valence-corrected chi connectivity index (χ3v) is 6.34. The van der Waals surface area contributed by atoms with E-state index in [-0.39, 0.29) is 17.2 Å². The Morgan fingerprint density at radius 1 is 1.09 bits per heavy atom. The Bertz CT molecular complexity index is 1650. The number of rotatable bonds is 6. The number of nitrogens with zero attached hydrogens (tertiary/aromatic N) is 4. The van der Waals surface area contributed by atoms with Crippen LogP contribution in [-0.2, 0) is 4.79 Å². The van der Waals surface area contributed by atoms with Crippen molar-refractivity contribution in [3.63, 3.8) is 0 Å². The molecule has 0 aliphatic carbocycles. The Morgan fingerprint density at radius 2 is 1.91 bits per heavy atom. The molecule has 176 valence electrons. The number of carbonyl (C=O) groups excluding carboxylic acids is 1. The summed E-state index contributed by atoms with van der Waals surface area (Å²) in [6, 6.07) is 18.4. The van der Waals surface area contributed by atoms with Crippen LogP contribution < -0.4 is 15.6 Å². The average Bonchev–Trinajstić information content (AvgIpc) is 3.27. The summed E-state index contributed by atoms with van der Waals surface area (Å²) in [5.41, 5.74) is 2.22. The van der Waals surface area contributed by atoms with Gasteiger partial charge in [0.2, 0.25) is 11.7 Å². The quantitative estimate of drug-likeness (QED) is 0.359. The summed E-state index contributed by atoms with van der Waals surface area (Å²) in [5, 5.41) is 12.2. The van der Waals surface area contributed by atoms with Gasteiger partial charge in [-0.1, -0.05) is 36.0 Å². The van der Waals surface area contributed by atoms with E-state index in [9.17, 15) is 14.0 Å². The van der Waals surface area contributed by atoms with Crippen LogP contribution in [-0.4, -0.2) is 37.9 Å². The lowest BCUT2D eigenvalue weighted by atomic mass is 10.2. The van der Waals surface area contributed by atoms with E-state index in [2.05, 4.69) is 15.5 Å². The Hall–Kier alpha value is -4.18. The van der Waals surface area contributed by atoms with Crippen LogP contribution in [0.4, 0.5) is 10.1 Å². The van der Waals surface area contributed by atoms with Crippen molar-refractivity contribution >= 4 is 40.0 Å². The van der Waals surface area contributed by atoms with Gasteiger partial charge in [-0.05, 0) is 55.0 Å². The summed E-state index contributed by atoms with van der Waals surface area (Å²) in [7, 11) is 1.54. The first-order chi connectivity index (χ1) is 17.0. The van der Waals surface area contributed by atoms with Crippen LogP contribution >= 0.6 is 11.8 Å². The molecule has 1 N–H and O–H groups in total. The molecule has 1 amide bonds. The van der Waals surface area contributed by atoms with Gasteiger partial charge in [-0.2, -0.15) is 0 Å². The molecule has 35 heavy (non-hydrogen) atoms. The minimum atomic E-state index is -0.435. The maximum absolute atomic E-state index is 13.6. The number of aryl methyl sites for hydroxylation is 1. The monoisotopic (exact) mass is 489 g/mol. The number of aromatic nitrogens is 4. The first-order valence-electron chi connectivity index (χ1n) is 10.7. The highest BCUT2D eigenvalue weighted by Crippen LogP contribution is 2.28. The zero-order valence-electron chi connectivity index (χ0n) is 18.9. The molecule has 2 heterocycles. The van der Waals surface area contributed by atoms with Crippen LogP contribution in [0.5, 0.6) is 5.75 Å².